The van der Waals surface area contributed by atoms with Crippen LogP contribution in [0, 0.1) is 6.92 Å². The molecule has 1 aromatic rings. The van der Waals surface area contributed by atoms with Gasteiger partial charge in [-0.15, -0.1) is 0 Å². The number of amidine groups is 1. The summed E-state index contributed by atoms with van der Waals surface area (Å²) in [6, 6.07) is 2.09. The quantitative estimate of drug-likeness (QED) is 0.375. The molecule has 0 spiro atoms. The SMILES string of the molecule is Cc1cc(N2CCN(C/C(N)=N/O)CC2)ncc1Br. The summed E-state index contributed by atoms with van der Waals surface area (Å²) in [5, 5.41) is 11.6. The molecular weight excluding hydrogens is 310 g/mol. The minimum Gasteiger partial charge on any atom is -0.409 e. The largest absolute Gasteiger partial charge is 0.409 e. The summed E-state index contributed by atoms with van der Waals surface area (Å²) in [5.41, 5.74) is 6.70. The van der Waals surface area contributed by atoms with Gasteiger partial charge in [0.1, 0.15) is 5.82 Å². The number of aromatic nitrogens is 1. The summed E-state index contributed by atoms with van der Waals surface area (Å²) in [5.74, 6) is 1.26. The van der Waals surface area contributed by atoms with Gasteiger partial charge in [0.25, 0.3) is 0 Å². The Morgan fingerprint density at radius 1 is 1.47 bits per heavy atom. The van der Waals surface area contributed by atoms with Crippen LogP contribution in [-0.2, 0) is 0 Å². The number of halogens is 1. The van der Waals surface area contributed by atoms with Crippen molar-refractivity contribution in [2.45, 2.75) is 6.92 Å². The van der Waals surface area contributed by atoms with Gasteiger partial charge in [0.2, 0.25) is 0 Å². The number of aryl methyl sites for hydroxylation is 1. The third-order valence-corrected chi connectivity index (χ3v) is 4.07. The predicted octanol–water partition coefficient (Wildman–Crippen LogP) is 1.02. The van der Waals surface area contributed by atoms with Crippen LogP contribution in [0.25, 0.3) is 0 Å². The molecule has 1 aliphatic rings. The third kappa shape index (κ3) is 3.57. The Morgan fingerprint density at radius 2 is 2.16 bits per heavy atom. The second kappa shape index (κ2) is 6.21. The van der Waals surface area contributed by atoms with Crippen molar-refractivity contribution in [1.82, 2.24) is 9.88 Å². The minimum atomic E-state index is 0.256. The van der Waals surface area contributed by atoms with Gasteiger partial charge in [0, 0.05) is 36.8 Å². The number of nitrogens with two attached hydrogens (primary N) is 1. The highest BCUT2D eigenvalue weighted by atomic mass is 79.9. The van der Waals surface area contributed by atoms with Crippen LogP contribution < -0.4 is 10.6 Å². The van der Waals surface area contributed by atoms with E-state index in [1.165, 1.54) is 5.56 Å². The average molecular weight is 328 g/mol. The fourth-order valence-electron chi connectivity index (χ4n) is 2.09. The smallest absolute Gasteiger partial charge is 0.153 e. The van der Waals surface area contributed by atoms with Crippen molar-refractivity contribution < 1.29 is 5.21 Å². The molecule has 1 fully saturated rings. The monoisotopic (exact) mass is 327 g/mol. The van der Waals surface area contributed by atoms with Gasteiger partial charge in [-0.3, -0.25) is 4.90 Å². The zero-order valence-corrected chi connectivity index (χ0v) is 12.5. The Hall–Kier alpha value is -1.34. The van der Waals surface area contributed by atoms with E-state index in [0.29, 0.717) is 6.54 Å². The molecule has 19 heavy (non-hydrogen) atoms. The molecule has 0 bridgehead atoms. The standard InChI is InChI=1S/C12H18BrN5O/c1-9-6-12(15-7-10(9)13)18-4-2-17(3-5-18)8-11(14)16-19/h6-7,19H,2-5,8H2,1H3,(H2,14,16). The van der Waals surface area contributed by atoms with E-state index in [2.05, 4.69) is 48.9 Å². The summed E-state index contributed by atoms with van der Waals surface area (Å²) in [6.45, 7) is 6.13. The van der Waals surface area contributed by atoms with Crippen molar-refractivity contribution in [3.8, 4) is 0 Å². The second-order valence-corrected chi connectivity index (χ2v) is 5.50. The summed E-state index contributed by atoms with van der Waals surface area (Å²) in [4.78, 5) is 8.85. The highest BCUT2D eigenvalue weighted by Crippen LogP contribution is 2.20. The number of piperazine rings is 1. The van der Waals surface area contributed by atoms with Gasteiger partial charge in [0.15, 0.2) is 5.84 Å². The minimum absolute atomic E-state index is 0.256. The van der Waals surface area contributed by atoms with Crippen molar-refractivity contribution in [2.75, 3.05) is 37.6 Å². The summed E-state index contributed by atoms with van der Waals surface area (Å²) in [6.07, 6.45) is 1.84. The number of nitrogens with zero attached hydrogens (tertiary/aromatic N) is 4. The van der Waals surface area contributed by atoms with Crippen LogP contribution in [-0.4, -0.2) is 53.7 Å². The van der Waals surface area contributed by atoms with Crippen LogP contribution in [0.1, 0.15) is 5.56 Å². The number of hydrogen-bond donors (Lipinski definition) is 2. The molecule has 0 radical (unpaired) electrons. The Morgan fingerprint density at radius 3 is 2.74 bits per heavy atom. The fraction of sp³-hybridized carbons (Fsp3) is 0.500. The topological polar surface area (TPSA) is 78.0 Å². The first-order valence-corrected chi connectivity index (χ1v) is 6.95. The first-order valence-electron chi connectivity index (χ1n) is 6.16. The number of oxime groups is 1. The van der Waals surface area contributed by atoms with Crippen LogP contribution in [0.15, 0.2) is 21.9 Å². The first-order chi connectivity index (χ1) is 9.10. The van der Waals surface area contributed by atoms with E-state index in [0.717, 1.165) is 36.5 Å². The summed E-state index contributed by atoms with van der Waals surface area (Å²) < 4.78 is 1.03. The molecule has 0 aromatic carbocycles. The fourth-order valence-corrected chi connectivity index (χ4v) is 2.31. The maximum atomic E-state index is 8.56. The van der Waals surface area contributed by atoms with Gasteiger partial charge in [-0.05, 0) is 34.5 Å². The molecule has 0 atom stereocenters. The predicted molar refractivity (Wildman–Crippen MR) is 78.7 cm³/mol. The number of anilines is 1. The molecule has 0 aliphatic carbocycles. The van der Waals surface area contributed by atoms with Gasteiger partial charge in [-0.2, -0.15) is 0 Å². The van der Waals surface area contributed by atoms with E-state index in [-0.39, 0.29) is 5.84 Å². The Balaban J connectivity index is 1.94. The molecule has 1 aromatic heterocycles. The molecule has 3 N–H and O–H groups in total. The second-order valence-electron chi connectivity index (χ2n) is 4.65. The van der Waals surface area contributed by atoms with E-state index < -0.39 is 0 Å². The van der Waals surface area contributed by atoms with E-state index in [1.54, 1.807) is 0 Å². The lowest BCUT2D eigenvalue weighted by atomic mass is 10.2. The van der Waals surface area contributed by atoms with Crippen molar-refractivity contribution in [3.05, 3.63) is 22.3 Å². The number of rotatable bonds is 3. The van der Waals surface area contributed by atoms with Crippen molar-refractivity contribution in [2.24, 2.45) is 10.9 Å². The van der Waals surface area contributed by atoms with Crippen molar-refractivity contribution >= 4 is 27.6 Å². The maximum absolute atomic E-state index is 8.56. The van der Waals surface area contributed by atoms with E-state index in [9.17, 15) is 0 Å². The zero-order valence-electron chi connectivity index (χ0n) is 10.9. The zero-order chi connectivity index (χ0) is 13.8. The summed E-state index contributed by atoms with van der Waals surface area (Å²) in [7, 11) is 0. The molecule has 2 heterocycles. The maximum Gasteiger partial charge on any atom is 0.153 e. The molecule has 0 amide bonds. The molecule has 7 heteroatoms. The lowest BCUT2D eigenvalue weighted by Crippen LogP contribution is -2.49. The Bertz CT molecular complexity index is 471. The molecule has 1 aliphatic heterocycles. The van der Waals surface area contributed by atoms with Gasteiger partial charge in [-0.1, -0.05) is 5.16 Å². The molecule has 1 saturated heterocycles. The lowest BCUT2D eigenvalue weighted by Gasteiger charge is -2.35. The number of hydrogen-bond acceptors (Lipinski definition) is 5. The van der Waals surface area contributed by atoms with E-state index >= 15 is 0 Å². The Labute approximate surface area is 121 Å². The summed E-state index contributed by atoms with van der Waals surface area (Å²) >= 11 is 3.46. The molecule has 0 unspecified atom stereocenters. The molecule has 104 valence electrons. The molecule has 2 rings (SSSR count). The van der Waals surface area contributed by atoms with Crippen molar-refractivity contribution in [1.29, 1.82) is 0 Å². The normalized spacial score (nSPS) is 17.8. The molecule has 0 saturated carbocycles. The molecule has 6 nitrogen and oxygen atoms in total. The van der Waals surface area contributed by atoms with Crippen LogP contribution in [0.4, 0.5) is 5.82 Å². The van der Waals surface area contributed by atoms with Crippen LogP contribution in [0.3, 0.4) is 0 Å². The van der Waals surface area contributed by atoms with Gasteiger partial charge >= 0.3 is 0 Å². The van der Waals surface area contributed by atoms with Crippen LogP contribution >= 0.6 is 15.9 Å². The number of pyridine rings is 1. The van der Waals surface area contributed by atoms with E-state index in [1.807, 2.05) is 6.20 Å². The van der Waals surface area contributed by atoms with Gasteiger partial charge in [0.05, 0.1) is 6.54 Å². The van der Waals surface area contributed by atoms with Crippen LogP contribution in [0.2, 0.25) is 0 Å². The van der Waals surface area contributed by atoms with Crippen molar-refractivity contribution in [3.63, 3.8) is 0 Å². The van der Waals surface area contributed by atoms with Gasteiger partial charge < -0.3 is 15.8 Å². The van der Waals surface area contributed by atoms with Crippen LogP contribution in [0.5, 0.6) is 0 Å². The first kappa shape index (κ1) is 14.1. The highest BCUT2D eigenvalue weighted by molar-refractivity contribution is 9.10. The third-order valence-electron chi connectivity index (χ3n) is 3.24. The van der Waals surface area contributed by atoms with Gasteiger partial charge in [-0.25, -0.2) is 4.98 Å². The molecular formula is C12H18BrN5O. The highest BCUT2D eigenvalue weighted by Gasteiger charge is 2.18. The Kier molecular flexibility index (Phi) is 4.60. The van der Waals surface area contributed by atoms with E-state index in [4.69, 9.17) is 10.9 Å². The lowest BCUT2D eigenvalue weighted by molar-refractivity contribution is 0.278. The average Bonchev–Trinajstić information content (AvgIpc) is 2.42.